The monoisotopic (exact) mass is 290 g/mol. The molecule has 106 valence electrons. The van der Waals surface area contributed by atoms with Crippen LogP contribution >= 0.6 is 11.6 Å². The van der Waals surface area contributed by atoms with Crippen molar-refractivity contribution in [3.05, 3.63) is 59.8 Å². The van der Waals surface area contributed by atoms with Gasteiger partial charge in [-0.3, -0.25) is 0 Å². The fraction of sp³-hybridized carbons (Fsp3) is 0.312. The van der Waals surface area contributed by atoms with Crippen LogP contribution < -0.4 is 10.1 Å². The van der Waals surface area contributed by atoms with E-state index < -0.39 is 0 Å². The Bertz CT molecular complexity index is 519. The molecule has 1 N–H and O–H groups in total. The molecule has 1 unspecified atom stereocenters. The van der Waals surface area contributed by atoms with Crippen molar-refractivity contribution in [3.8, 4) is 5.88 Å². The molecule has 3 nitrogen and oxygen atoms in total. The van der Waals surface area contributed by atoms with Crippen LogP contribution in [-0.2, 0) is 13.0 Å². The predicted molar refractivity (Wildman–Crippen MR) is 82.3 cm³/mol. The van der Waals surface area contributed by atoms with Crippen LogP contribution in [0.1, 0.15) is 11.3 Å². The summed E-state index contributed by atoms with van der Waals surface area (Å²) in [5.74, 6) is 1.20. The molecule has 1 heterocycles. The number of nitrogens with zero attached hydrogens (tertiary/aromatic N) is 1. The summed E-state index contributed by atoms with van der Waals surface area (Å²) in [4.78, 5) is 4.38. The van der Waals surface area contributed by atoms with Gasteiger partial charge in [0, 0.05) is 24.5 Å². The number of alkyl halides is 1. The van der Waals surface area contributed by atoms with Crippen LogP contribution in [-0.4, -0.2) is 24.0 Å². The van der Waals surface area contributed by atoms with E-state index in [1.807, 2.05) is 36.4 Å². The lowest BCUT2D eigenvalue weighted by Gasteiger charge is -2.16. The number of nitrogens with one attached hydrogen (secondary N) is 1. The second-order valence-corrected chi connectivity index (χ2v) is 4.90. The lowest BCUT2D eigenvalue weighted by atomic mass is 10.1. The summed E-state index contributed by atoms with van der Waals surface area (Å²) in [5, 5.41) is 3.44. The fourth-order valence-corrected chi connectivity index (χ4v) is 2.22. The molecule has 20 heavy (non-hydrogen) atoms. The zero-order chi connectivity index (χ0) is 14.2. The smallest absolute Gasteiger partial charge is 0.213 e. The van der Waals surface area contributed by atoms with E-state index in [9.17, 15) is 0 Å². The molecule has 1 atom stereocenters. The molecule has 0 spiro atoms. The van der Waals surface area contributed by atoms with Gasteiger partial charge in [0.15, 0.2) is 0 Å². The minimum Gasteiger partial charge on any atom is -0.481 e. The Morgan fingerprint density at radius 1 is 1.15 bits per heavy atom. The molecule has 0 aliphatic heterocycles. The van der Waals surface area contributed by atoms with Crippen molar-refractivity contribution >= 4 is 11.6 Å². The Labute approximate surface area is 124 Å². The van der Waals surface area contributed by atoms with E-state index in [4.69, 9.17) is 16.3 Å². The lowest BCUT2D eigenvalue weighted by molar-refractivity contribution is 0.395. The van der Waals surface area contributed by atoms with Gasteiger partial charge >= 0.3 is 0 Å². The highest BCUT2D eigenvalue weighted by atomic mass is 35.5. The second-order valence-electron chi connectivity index (χ2n) is 4.59. The summed E-state index contributed by atoms with van der Waals surface area (Å²) in [6.07, 6.45) is 0.911. The average molecular weight is 291 g/mol. The van der Waals surface area contributed by atoms with Crippen LogP contribution in [0.25, 0.3) is 0 Å². The molecule has 4 heteroatoms. The lowest BCUT2D eigenvalue weighted by Crippen LogP contribution is -2.32. The van der Waals surface area contributed by atoms with Crippen molar-refractivity contribution in [2.45, 2.75) is 19.0 Å². The maximum Gasteiger partial charge on any atom is 0.213 e. The number of halogens is 1. The number of hydrogen-bond acceptors (Lipinski definition) is 3. The number of hydrogen-bond donors (Lipinski definition) is 1. The normalized spacial score (nSPS) is 12.1. The Morgan fingerprint density at radius 3 is 2.65 bits per heavy atom. The Hall–Kier alpha value is -1.58. The molecular weight excluding hydrogens is 272 g/mol. The molecule has 0 amide bonds. The zero-order valence-corrected chi connectivity index (χ0v) is 12.3. The molecule has 0 aliphatic rings. The van der Waals surface area contributed by atoms with Crippen molar-refractivity contribution in [2.75, 3.05) is 13.0 Å². The SMILES string of the molecule is COc1cccc(CNC(CCl)Cc2ccccc2)n1. The third-order valence-corrected chi connectivity index (χ3v) is 3.45. The highest BCUT2D eigenvalue weighted by Crippen LogP contribution is 2.08. The van der Waals surface area contributed by atoms with E-state index in [-0.39, 0.29) is 6.04 Å². The molecule has 0 fully saturated rings. The van der Waals surface area contributed by atoms with E-state index in [1.54, 1.807) is 7.11 Å². The maximum absolute atomic E-state index is 6.03. The first-order valence-electron chi connectivity index (χ1n) is 6.65. The van der Waals surface area contributed by atoms with Gasteiger partial charge in [-0.25, -0.2) is 4.98 Å². The number of aromatic nitrogens is 1. The number of methoxy groups -OCH3 is 1. The minimum atomic E-state index is 0.229. The van der Waals surface area contributed by atoms with Crippen LogP contribution in [0.3, 0.4) is 0 Å². The van der Waals surface area contributed by atoms with Crippen LogP contribution in [0.5, 0.6) is 5.88 Å². The molecule has 1 aromatic carbocycles. The molecule has 0 saturated heterocycles. The van der Waals surface area contributed by atoms with Crippen molar-refractivity contribution in [2.24, 2.45) is 0 Å². The van der Waals surface area contributed by atoms with Crippen molar-refractivity contribution in [1.82, 2.24) is 10.3 Å². The van der Waals surface area contributed by atoms with Crippen LogP contribution in [0.4, 0.5) is 0 Å². The van der Waals surface area contributed by atoms with Crippen molar-refractivity contribution < 1.29 is 4.74 Å². The highest BCUT2D eigenvalue weighted by Gasteiger charge is 2.08. The van der Waals surface area contributed by atoms with E-state index >= 15 is 0 Å². The van der Waals surface area contributed by atoms with Gasteiger partial charge in [0.2, 0.25) is 5.88 Å². The van der Waals surface area contributed by atoms with Gasteiger partial charge < -0.3 is 10.1 Å². The molecule has 0 saturated carbocycles. The van der Waals surface area contributed by atoms with Gasteiger partial charge in [-0.05, 0) is 18.1 Å². The molecule has 0 aliphatic carbocycles. The maximum atomic E-state index is 6.03. The third-order valence-electron chi connectivity index (χ3n) is 3.07. The molecule has 0 radical (unpaired) electrons. The largest absolute Gasteiger partial charge is 0.481 e. The van der Waals surface area contributed by atoms with E-state index in [0.717, 1.165) is 12.1 Å². The second kappa shape index (κ2) is 7.88. The van der Waals surface area contributed by atoms with Gasteiger partial charge in [0.05, 0.1) is 12.8 Å². The zero-order valence-electron chi connectivity index (χ0n) is 11.6. The summed E-state index contributed by atoms with van der Waals surface area (Å²) in [7, 11) is 1.62. The van der Waals surface area contributed by atoms with Crippen molar-refractivity contribution in [3.63, 3.8) is 0 Å². The van der Waals surface area contributed by atoms with E-state index in [2.05, 4.69) is 22.4 Å². The van der Waals surface area contributed by atoms with Crippen molar-refractivity contribution in [1.29, 1.82) is 0 Å². The topological polar surface area (TPSA) is 34.1 Å². The first-order chi connectivity index (χ1) is 9.81. The fourth-order valence-electron chi connectivity index (χ4n) is 2.00. The Kier molecular flexibility index (Phi) is 5.84. The van der Waals surface area contributed by atoms with E-state index in [0.29, 0.717) is 18.3 Å². The summed E-state index contributed by atoms with van der Waals surface area (Å²) in [6.45, 7) is 0.682. The molecule has 0 bridgehead atoms. The standard InChI is InChI=1S/C16H19ClN2O/c1-20-16-9-5-8-14(19-16)12-18-15(11-17)10-13-6-3-2-4-7-13/h2-9,15,18H,10-12H2,1H3. The van der Waals surface area contributed by atoms with Gasteiger partial charge in [-0.15, -0.1) is 11.6 Å². The quantitative estimate of drug-likeness (QED) is 0.796. The van der Waals surface area contributed by atoms with E-state index in [1.165, 1.54) is 5.56 Å². The number of ether oxygens (including phenoxy) is 1. The Morgan fingerprint density at radius 2 is 1.95 bits per heavy atom. The van der Waals surface area contributed by atoms with Crippen LogP contribution in [0, 0.1) is 0 Å². The first-order valence-corrected chi connectivity index (χ1v) is 7.18. The minimum absolute atomic E-state index is 0.229. The molecule has 1 aromatic heterocycles. The molecular formula is C16H19ClN2O. The molecule has 2 aromatic rings. The first kappa shape index (κ1) is 14.8. The van der Waals surface area contributed by atoms with Gasteiger partial charge in [0.25, 0.3) is 0 Å². The summed E-state index contributed by atoms with van der Waals surface area (Å²) >= 11 is 6.03. The van der Waals surface area contributed by atoms with Gasteiger partial charge in [-0.2, -0.15) is 0 Å². The highest BCUT2D eigenvalue weighted by molar-refractivity contribution is 6.18. The number of benzene rings is 1. The predicted octanol–water partition coefficient (Wildman–Crippen LogP) is 3.03. The number of rotatable bonds is 7. The van der Waals surface area contributed by atoms with Gasteiger partial charge in [0.1, 0.15) is 0 Å². The summed E-state index contributed by atoms with van der Waals surface area (Å²) in [6, 6.07) is 16.3. The Balaban J connectivity index is 1.90. The molecule has 2 rings (SSSR count). The van der Waals surface area contributed by atoms with Crippen LogP contribution in [0.15, 0.2) is 48.5 Å². The number of pyridine rings is 1. The summed E-state index contributed by atoms with van der Waals surface area (Å²) < 4.78 is 5.12. The third kappa shape index (κ3) is 4.51. The van der Waals surface area contributed by atoms with Gasteiger partial charge in [-0.1, -0.05) is 36.4 Å². The summed E-state index contributed by atoms with van der Waals surface area (Å²) in [5.41, 5.74) is 2.23. The van der Waals surface area contributed by atoms with Crippen LogP contribution in [0.2, 0.25) is 0 Å². The average Bonchev–Trinajstić information content (AvgIpc) is 2.52.